The summed E-state index contributed by atoms with van der Waals surface area (Å²) < 4.78 is 54.3. The van der Waals surface area contributed by atoms with Crippen molar-refractivity contribution in [1.82, 2.24) is 0 Å². The number of aldehydes is 1. The number of aliphatic hydroxyl groups excluding tert-OH is 14. The van der Waals surface area contributed by atoms with Crippen LogP contribution < -0.4 is 0 Å². The Morgan fingerprint density at radius 3 is 1.85 bits per heavy atom. The minimum absolute atomic E-state index is 0.106. The number of carbonyl (C=O) groups excluding carboxylic acids is 2. The van der Waals surface area contributed by atoms with Crippen molar-refractivity contribution >= 4 is 18.2 Å². The molecule has 27 nitrogen and oxygen atoms in total. The highest BCUT2D eigenvalue weighted by molar-refractivity contribution is 5.87. The van der Waals surface area contributed by atoms with E-state index in [1.165, 1.54) is 0 Å². The van der Waals surface area contributed by atoms with Crippen molar-refractivity contribution in [2.24, 2.45) is 50.2 Å². The normalized spacial score (nSPS) is 52.5. The number of allylic oxidation sites excluding steroid dienone is 3. The Morgan fingerprint density at radius 2 is 1.28 bits per heavy atom. The molecule has 31 atom stereocenters. The zero-order valence-electron chi connectivity index (χ0n) is 49.1. The van der Waals surface area contributed by atoms with Gasteiger partial charge in [0.25, 0.3) is 0 Å². The highest BCUT2D eigenvalue weighted by Crippen LogP contribution is 2.76. The summed E-state index contributed by atoms with van der Waals surface area (Å²) in [5, 5.41) is 165. The van der Waals surface area contributed by atoms with E-state index in [4.69, 9.17) is 42.6 Å². The van der Waals surface area contributed by atoms with Gasteiger partial charge >= 0.3 is 11.9 Å². The van der Waals surface area contributed by atoms with Crippen LogP contribution in [-0.4, -0.2) is 256 Å². The van der Waals surface area contributed by atoms with Crippen LogP contribution in [0.5, 0.6) is 0 Å². The van der Waals surface area contributed by atoms with Crippen LogP contribution >= 0.6 is 0 Å². The van der Waals surface area contributed by atoms with Crippen LogP contribution in [0.25, 0.3) is 0 Å². The Morgan fingerprint density at radius 1 is 0.682 bits per heavy atom. The Balaban J connectivity index is 1.05. The molecule has 5 aliphatic carbocycles. The number of carboxylic acid groups (broad SMARTS) is 1. The Kier molecular flexibility index (Phi) is 19.2. The van der Waals surface area contributed by atoms with Crippen molar-refractivity contribution in [3.05, 3.63) is 23.3 Å². The fraction of sp³-hybridized carbons (Fsp3) is 0.879. The van der Waals surface area contributed by atoms with Crippen molar-refractivity contribution < 1.29 is 134 Å². The highest BCUT2D eigenvalue weighted by Gasteiger charge is 2.74. The summed E-state index contributed by atoms with van der Waals surface area (Å²) in [4.78, 5) is 40.8. The van der Waals surface area contributed by atoms with E-state index >= 15 is 0 Å². The Labute approximate surface area is 492 Å². The fourth-order valence-corrected chi connectivity index (χ4v) is 16.9. The molecule has 0 spiro atoms. The predicted octanol–water partition coefficient (Wildman–Crippen LogP) is -2.87. The molecular formula is C58H90O27. The lowest BCUT2D eigenvalue weighted by atomic mass is 9.33. The van der Waals surface area contributed by atoms with Gasteiger partial charge in [0.05, 0.1) is 49.0 Å². The summed E-state index contributed by atoms with van der Waals surface area (Å²) in [6.07, 6.45) is -35.5. The Bertz CT molecular complexity index is 2480. The van der Waals surface area contributed by atoms with Gasteiger partial charge < -0.3 is 124 Å². The topological polar surface area (TPSA) is 438 Å². The lowest BCUT2D eigenvalue weighted by molar-refractivity contribution is -0.407. The maximum Gasteiger partial charge on any atom is 0.335 e. The quantitative estimate of drug-likeness (QED) is 0.0258. The minimum Gasteiger partial charge on any atom is -0.479 e. The molecule has 4 heterocycles. The first-order chi connectivity index (χ1) is 39.8. The summed E-state index contributed by atoms with van der Waals surface area (Å²) in [5.41, 5.74) is -4.38. The molecule has 27 heteroatoms. The van der Waals surface area contributed by atoms with E-state index in [0.29, 0.717) is 37.7 Å². The Hall–Kier alpha value is -2.79. The van der Waals surface area contributed by atoms with Crippen LogP contribution in [0.2, 0.25) is 0 Å². The second-order valence-electron chi connectivity index (χ2n) is 27.1. The van der Waals surface area contributed by atoms with Crippen LogP contribution in [-0.2, 0) is 57.0 Å². The van der Waals surface area contributed by atoms with Crippen LogP contribution in [0.3, 0.4) is 0 Å². The van der Waals surface area contributed by atoms with Gasteiger partial charge in [-0.1, -0.05) is 59.3 Å². The lowest BCUT2D eigenvalue weighted by Gasteiger charge is -2.72. The first-order valence-corrected chi connectivity index (χ1v) is 29.6. The van der Waals surface area contributed by atoms with Crippen LogP contribution in [0.4, 0.5) is 0 Å². The second kappa shape index (κ2) is 24.4. The number of fused-ring (bicyclic) bond motifs is 7. The van der Waals surface area contributed by atoms with Crippen LogP contribution in [0.15, 0.2) is 23.3 Å². The minimum atomic E-state index is -2.31. The molecule has 0 aromatic heterocycles. The smallest absolute Gasteiger partial charge is 0.335 e. The molecule has 0 aromatic rings. The molecule has 0 radical (unpaired) electrons. The summed E-state index contributed by atoms with van der Waals surface area (Å²) in [7, 11) is 0. The first-order valence-electron chi connectivity index (χ1n) is 29.6. The molecule has 85 heavy (non-hydrogen) atoms. The average molecular weight is 1220 g/mol. The summed E-state index contributed by atoms with van der Waals surface area (Å²) in [6.45, 7) is 12.8. The van der Waals surface area contributed by atoms with Gasteiger partial charge in [0.2, 0.25) is 0 Å². The predicted molar refractivity (Wildman–Crippen MR) is 285 cm³/mol. The zero-order valence-corrected chi connectivity index (χ0v) is 49.1. The monoisotopic (exact) mass is 1220 g/mol. The maximum atomic E-state index is 14.2. The van der Waals surface area contributed by atoms with E-state index in [-0.39, 0.29) is 18.8 Å². The average Bonchev–Trinajstić information content (AvgIpc) is 0.680. The second-order valence-corrected chi connectivity index (χ2v) is 27.1. The molecular weight excluding hydrogens is 1130 g/mol. The lowest BCUT2D eigenvalue weighted by Crippen LogP contribution is -2.72. The number of esters is 1. The third-order valence-corrected chi connectivity index (χ3v) is 22.3. The SMILES string of the molecule is C/C=C(/C)C(=O)O[C@H]1[C@H](O)C(C)(C)C[C@H]2C3=CC[C@@H]4[C@@]5(C)CC[C@H](O[C@@H]6O[C@H](C(=O)O)[C@@H](O)[C@H](O[C@@H]7O[C@H](O)[C@H](O)C[C@H]7O[C@@H]7O[C@H](CO)[C@@H](O)[C@H](O)[C@H]7O)[C@H]6O[C@@H]6O[C@H](CO)[C@H](O)[C@H](O)[C@H]6O)[C@@](C)(C=O)[C@@H]5CC[C@@]4(C)[C@]3(C)C[C@@H](O)[C@]21CO. The van der Waals surface area contributed by atoms with E-state index in [2.05, 4.69) is 26.8 Å². The van der Waals surface area contributed by atoms with Crippen molar-refractivity contribution in [3.8, 4) is 0 Å². The number of rotatable bonds is 15. The van der Waals surface area contributed by atoms with E-state index < -0.39 is 224 Å². The largest absolute Gasteiger partial charge is 0.479 e. The van der Waals surface area contributed by atoms with E-state index in [0.717, 1.165) is 11.9 Å². The molecule has 484 valence electrons. The van der Waals surface area contributed by atoms with E-state index in [1.54, 1.807) is 26.8 Å². The molecule has 8 fully saturated rings. The molecule has 0 unspecified atom stereocenters. The molecule has 4 saturated heterocycles. The van der Waals surface area contributed by atoms with Crippen LogP contribution in [0, 0.1) is 50.2 Å². The molecule has 0 amide bonds. The molecule has 9 aliphatic rings. The molecule has 15 N–H and O–H groups in total. The van der Waals surface area contributed by atoms with Gasteiger partial charge in [-0.2, -0.15) is 0 Å². The van der Waals surface area contributed by atoms with E-state index in [9.17, 15) is 91.0 Å². The van der Waals surface area contributed by atoms with Gasteiger partial charge in [-0.05, 0) is 98.2 Å². The molecule has 4 aliphatic heterocycles. The number of hydrogen-bond donors (Lipinski definition) is 15. The molecule has 0 aromatic carbocycles. The van der Waals surface area contributed by atoms with Crippen molar-refractivity contribution in [1.29, 1.82) is 0 Å². The van der Waals surface area contributed by atoms with Gasteiger partial charge in [0.1, 0.15) is 91.7 Å². The number of aliphatic carboxylic acids is 1. The van der Waals surface area contributed by atoms with E-state index in [1.807, 2.05) is 13.8 Å². The number of carboxylic acids is 1. The number of carbonyl (C=O) groups is 3. The molecule has 0 bridgehead atoms. The summed E-state index contributed by atoms with van der Waals surface area (Å²) in [5.74, 6) is -3.60. The third-order valence-electron chi connectivity index (χ3n) is 22.3. The molecule has 4 saturated carbocycles. The first kappa shape index (κ1) is 66.6. The summed E-state index contributed by atoms with van der Waals surface area (Å²) in [6, 6.07) is 0. The van der Waals surface area contributed by atoms with Gasteiger partial charge in [-0.15, -0.1) is 0 Å². The van der Waals surface area contributed by atoms with Crippen molar-refractivity contribution in [3.63, 3.8) is 0 Å². The zero-order chi connectivity index (χ0) is 62.6. The fourth-order valence-electron chi connectivity index (χ4n) is 16.9. The van der Waals surface area contributed by atoms with Crippen molar-refractivity contribution in [2.45, 2.75) is 248 Å². The molecule has 9 rings (SSSR count). The van der Waals surface area contributed by atoms with Crippen LogP contribution in [0.1, 0.15) is 107 Å². The number of hydrogen-bond acceptors (Lipinski definition) is 26. The third kappa shape index (κ3) is 10.8. The highest BCUT2D eigenvalue weighted by atomic mass is 16.8. The summed E-state index contributed by atoms with van der Waals surface area (Å²) >= 11 is 0. The van der Waals surface area contributed by atoms with Gasteiger partial charge in [-0.25, -0.2) is 9.59 Å². The maximum absolute atomic E-state index is 14.2. The number of aliphatic hydroxyl groups is 14. The van der Waals surface area contributed by atoms with Gasteiger partial charge in [0, 0.05) is 12.0 Å². The van der Waals surface area contributed by atoms with Crippen molar-refractivity contribution in [2.75, 3.05) is 19.8 Å². The standard InChI is InChI=1S/C58H90O27/c1-9-23(2)47(75)84-45-44(72)53(3,4)17-25-24-10-11-31-54(5)14-13-33(55(6,21-61)30(54)12-15-56(31,7)57(24,8)18-32(64)58(25,45)22-62)80-52-43(83-51-39(70)37(68)35(66)29(20-60)79-51)41(40(71)42(82-52)46(73)74)81-49-27(16-26(63)48(76)85-49)77-50-38(69)36(67)34(65)28(19-59)78-50/h9-10,21,25-45,48-52,59-60,62-72,76H,11-20,22H2,1-8H3,(H,73,74)/b23-9-/t25-,26+,27+,28+,29+,30+,31+,32+,33-,34+,35-,36-,37-,38+,39+,40-,41-,42-,43+,44-,45-,48-,49+,50+,51-,52+,54-,55-,56+,57+,58-/m0/s1. The van der Waals surface area contributed by atoms with Gasteiger partial charge in [-0.3, -0.25) is 0 Å². The number of ether oxygens (including phenoxy) is 9. The van der Waals surface area contributed by atoms with Gasteiger partial charge in [0.15, 0.2) is 37.6 Å².